The summed E-state index contributed by atoms with van der Waals surface area (Å²) in [5.41, 5.74) is 4.32. The molecule has 0 bridgehead atoms. The molecule has 94 valence electrons. The summed E-state index contributed by atoms with van der Waals surface area (Å²) in [4.78, 5) is 2.48. The van der Waals surface area contributed by atoms with Crippen LogP contribution in [0.15, 0.2) is 16.6 Å². The van der Waals surface area contributed by atoms with E-state index < -0.39 is 0 Å². The molecule has 0 aliphatic carbocycles. The Morgan fingerprint density at radius 1 is 1.41 bits per heavy atom. The lowest BCUT2D eigenvalue weighted by atomic mass is 10.1. The minimum atomic E-state index is 0.161. The zero-order valence-corrected chi connectivity index (χ0v) is 12.7. The number of hydrogen-bond acceptors (Lipinski definition) is 2. The molecule has 0 aromatic heterocycles. The number of benzene rings is 1. The second kappa shape index (κ2) is 4.62. The number of likely N-dealkylation sites (N-methyl/N-ethyl adjacent to an activating group) is 1. The van der Waals surface area contributed by atoms with E-state index >= 15 is 0 Å². The van der Waals surface area contributed by atoms with Crippen LogP contribution in [0, 0.1) is 6.92 Å². The zero-order chi connectivity index (χ0) is 12.6. The van der Waals surface area contributed by atoms with Crippen molar-refractivity contribution in [3.63, 3.8) is 0 Å². The van der Waals surface area contributed by atoms with Crippen molar-refractivity contribution in [2.24, 2.45) is 0 Å². The molecule has 2 rings (SSSR count). The van der Waals surface area contributed by atoms with Crippen molar-refractivity contribution in [1.82, 2.24) is 5.32 Å². The van der Waals surface area contributed by atoms with E-state index in [9.17, 15) is 0 Å². The van der Waals surface area contributed by atoms with Crippen LogP contribution in [0.2, 0.25) is 0 Å². The van der Waals surface area contributed by atoms with Crippen LogP contribution >= 0.6 is 15.9 Å². The highest BCUT2D eigenvalue weighted by atomic mass is 79.9. The quantitative estimate of drug-likeness (QED) is 0.854. The van der Waals surface area contributed by atoms with Crippen LogP contribution in [0.3, 0.4) is 0 Å². The van der Waals surface area contributed by atoms with Gasteiger partial charge in [0.05, 0.1) is 0 Å². The fourth-order valence-corrected chi connectivity index (χ4v) is 3.23. The first-order chi connectivity index (χ1) is 7.93. The molecule has 0 atom stereocenters. The number of fused-ring (bicyclic) bond motifs is 1. The molecule has 2 nitrogen and oxygen atoms in total. The van der Waals surface area contributed by atoms with Gasteiger partial charge in [0.15, 0.2) is 0 Å². The number of rotatable bonds is 1. The highest BCUT2D eigenvalue weighted by Crippen LogP contribution is 2.32. The van der Waals surface area contributed by atoms with Crippen molar-refractivity contribution in [1.29, 1.82) is 0 Å². The molecule has 1 aliphatic heterocycles. The summed E-state index contributed by atoms with van der Waals surface area (Å²) in [5.74, 6) is 0. The molecule has 0 saturated carbocycles. The fourth-order valence-electron chi connectivity index (χ4n) is 2.61. The van der Waals surface area contributed by atoms with Gasteiger partial charge < -0.3 is 10.2 Å². The summed E-state index contributed by atoms with van der Waals surface area (Å²) >= 11 is 3.59. The molecule has 1 aromatic carbocycles. The third kappa shape index (κ3) is 2.66. The molecule has 0 radical (unpaired) electrons. The minimum Gasteiger partial charge on any atom is -0.370 e. The molecule has 17 heavy (non-hydrogen) atoms. The van der Waals surface area contributed by atoms with Crippen LogP contribution in [-0.4, -0.2) is 18.6 Å². The SMILES string of the molecule is CCN1CC(C)(C)NCc2cc(Br)cc(C)c21. The Balaban J connectivity index is 2.50. The average molecular weight is 297 g/mol. The second-order valence-corrected chi connectivity index (χ2v) is 6.40. The largest absolute Gasteiger partial charge is 0.370 e. The maximum atomic E-state index is 3.63. The first-order valence-electron chi connectivity index (χ1n) is 6.22. The Kier molecular flexibility index (Phi) is 3.50. The predicted octanol–water partition coefficient (Wildman–Crippen LogP) is 3.47. The predicted molar refractivity (Wildman–Crippen MR) is 77.7 cm³/mol. The van der Waals surface area contributed by atoms with E-state index in [-0.39, 0.29) is 5.54 Å². The van der Waals surface area contributed by atoms with Crippen molar-refractivity contribution in [3.05, 3.63) is 27.7 Å². The fraction of sp³-hybridized carbons (Fsp3) is 0.571. The summed E-state index contributed by atoms with van der Waals surface area (Å²) in [6.45, 7) is 12.0. The molecule has 0 amide bonds. The third-order valence-electron chi connectivity index (χ3n) is 3.39. The molecular formula is C14H21BrN2. The van der Waals surface area contributed by atoms with E-state index in [1.165, 1.54) is 21.3 Å². The lowest BCUT2D eigenvalue weighted by Gasteiger charge is -2.32. The summed E-state index contributed by atoms with van der Waals surface area (Å²) in [5, 5.41) is 3.63. The van der Waals surface area contributed by atoms with Crippen molar-refractivity contribution < 1.29 is 0 Å². The van der Waals surface area contributed by atoms with Gasteiger partial charge in [-0.15, -0.1) is 0 Å². The molecule has 1 aromatic rings. The molecule has 0 spiro atoms. The Hall–Kier alpha value is -0.540. The lowest BCUT2D eigenvalue weighted by molar-refractivity contribution is 0.397. The van der Waals surface area contributed by atoms with Crippen LogP contribution in [0.4, 0.5) is 5.69 Å². The van der Waals surface area contributed by atoms with Crippen LogP contribution in [0.25, 0.3) is 0 Å². The van der Waals surface area contributed by atoms with Crippen LogP contribution < -0.4 is 10.2 Å². The molecule has 3 heteroatoms. The van der Waals surface area contributed by atoms with Gasteiger partial charge in [0.2, 0.25) is 0 Å². The van der Waals surface area contributed by atoms with E-state index in [2.05, 4.69) is 66.0 Å². The highest BCUT2D eigenvalue weighted by molar-refractivity contribution is 9.10. The molecule has 0 saturated heterocycles. The standard InChI is InChI=1S/C14H21BrN2/c1-5-17-9-14(3,4)16-8-11-7-12(15)6-10(2)13(11)17/h6-7,16H,5,8-9H2,1-4H3. The number of aryl methyl sites for hydroxylation is 1. The molecule has 0 unspecified atom stereocenters. The van der Waals surface area contributed by atoms with Gasteiger partial charge in [-0.2, -0.15) is 0 Å². The van der Waals surface area contributed by atoms with E-state index in [1.54, 1.807) is 0 Å². The van der Waals surface area contributed by atoms with E-state index in [0.29, 0.717) is 0 Å². The van der Waals surface area contributed by atoms with E-state index in [1.807, 2.05) is 0 Å². The molecule has 1 aliphatic rings. The molecule has 1 heterocycles. The van der Waals surface area contributed by atoms with E-state index in [0.717, 1.165) is 19.6 Å². The van der Waals surface area contributed by atoms with Gasteiger partial charge in [-0.05, 0) is 51.0 Å². The Morgan fingerprint density at radius 2 is 2.12 bits per heavy atom. The van der Waals surface area contributed by atoms with Gasteiger partial charge in [0.25, 0.3) is 0 Å². The Bertz CT molecular complexity index is 426. The van der Waals surface area contributed by atoms with Crippen LogP contribution in [-0.2, 0) is 6.54 Å². The lowest BCUT2D eigenvalue weighted by Crippen LogP contribution is -2.46. The highest BCUT2D eigenvalue weighted by Gasteiger charge is 2.27. The van der Waals surface area contributed by atoms with Crippen LogP contribution in [0.5, 0.6) is 0 Å². The maximum absolute atomic E-state index is 3.63. The third-order valence-corrected chi connectivity index (χ3v) is 3.84. The molecular weight excluding hydrogens is 276 g/mol. The summed E-state index contributed by atoms with van der Waals surface area (Å²) in [6, 6.07) is 4.44. The van der Waals surface area contributed by atoms with Gasteiger partial charge >= 0.3 is 0 Å². The van der Waals surface area contributed by atoms with Crippen molar-refractivity contribution in [2.75, 3.05) is 18.0 Å². The van der Waals surface area contributed by atoms with Crippen molar-refractivity contribution in [2.45, 2.75) is 39.8 Å². The number of hydrogen-bond donors (Lipinski definition) is 1. The summed E-state index contributed by atoms with van der Waals surface area (Å²) in [7, 11) is 0. The van der Waals surface area contributed by atoms with Crippen molar-refractivity contribution in [3.8, 4) is 0 Å². The maximum Gasteiger partial charge on any atom is 0.0442 e. The van der Waals surface area contributed by atoms with Gasteiger partial charge in [-0.25, -0.2) is 0 Å². The first-order valence-corrected chi connectivity index (χ1v) is 7.01. The zero-order valence-electron chi connectivity index (χ0n) is 11.1. The van der Waals surface area contributed by atoms with Gasteiger partial charge in [-0.1, -0.05) is 15.9 Å². The van der Waals surface area contributed by atoms with Crippen LogP contribution in [0.1, 0.15) is 31.9 Å². The van der Waals surface area contributed by atoms with Gasteiger partial charge in [0, 0.05) is 35.3 Å². The van der Waals surface area contributed by atoms with Gasteiger partial charge in [-0.3, -0.25) is 0 Å². The first kappa shape index (κ1) is 12.9. The number of halogens is 1. The second-order valence-electron chi connectivity index (χ2n) is 5.48. The number of nitrogens with one attached hydrogen (secondary N) is 1. The Morgan fingerprint density at radius 3 is 2.76 bits per heavy atom. The molecule has 1 N–H and O–H groups in total. The normalized spacial score (nSPS) is 18.8. The number of nitrogens with zero attached hydrogens (tertiary/aromatic N) is 1. The smallest absolute Gasteiger partial charge is 0.0442 e. The minimum absolute atomic E-state index is 0.161. The molecule has 0 fully saturated rings. The average Bonchev–Trinajstić information content (AvgIpc) is 2.35. The van der Waals surface area contributed by atoms with Gasteiger partial charge in [0.1, 0.15) is 0 Å². The van der Waals surface area contributed by atoms with Crippen molar-refractivity contribution >= 4 is 21.6 Å². The number of anilines is 1. The monoisotopic (exact) mass is 296 g/mol. The summed E-state index contributed by atoms with van der Waals surface area (Å²) < 4.78 is 1.17. The topological polar surface area (TPSA) is 15.3 Å². The summed E-state index contributed by atoms with van der Waals surface area (Å²) in [6.07, 6.45) is 0. The Labute approximate surface area is 113 Å². The van der Waals surface area contributed by atoms with E-state index in [4.69, 9.17) is 0 Å².